The molecule has 148 valence electrons. The highest BCUT2D eigenvalue weighted by Gasteiger charge is 2.39. The Morgan fingerprint density at radius 2 is 1.46 bits per heavy atom. The minimum atomic E-state index is -0.525. The van der Waals surface area contributed by atoms with Crippen LogP contribution < -0.4 is 0 Å². The summed E-state index contributed by atoms with van der Waals surface area (Å²) in [5, 5.41) is 0. The van der Waals surface area contributed by atoms with Gasteiger partial charge in [0, 0.05) is 19.1 Å². The first-order chi connectivity index (χ1) is 12.7. The maximum atomic E-state index is 6.25. The third kappa shape index (κ3) is 6.89. The Balaban J connectivity index is 2.95. The Morgan fingerprint density at radius 3 is 1.96 bits per heavy atom. The number of unbranched alkanes of at least 4 members (excludes halogenated alkanes) is 5. The third-order valence-corrected chi connectivity index (χ3v) is 5.22. The van der Waals surface area contributed by atoms with Gasteiger partial charge in [0.25, 0.3) is 0 Å². The van der Waals surface area contributed by atoms with Crippen LogP contribution in [0.25, 0.3) is 6.08 Å². The summed E-state index contributed by atoms with van der Waals surface area (Å²) in [6, 6.07) is 8.74. The lowest BCUT2D eigenvalue weighted by molar-refractivity contribution is -0.250. The van der Waals surface area contributed by atoms with Crippen LogP contribution in [0.1, 0.15) is 96.1 Å². The van der Waals surface area contributed by atoms with E-state index in [2.05, 4.69) is 58.5 Å². The molecule has 2 nitrogen and oxygen atoms in total. The zero-order chi connectivity index (χ0) is 19.3. The number of ether oxygens (including phenoxy) is 2. The van der Waals surface area contributed by atoms with Gasteiger partial charge in [-0.3, -0.25) is 0 Å². The van der Waals surface area contributed by atoms with Gasteiger partial charge in [-0.05, 0) is 37.8 Å². The summed E-state index contributed by atoms with van der Waals surface area (Å²) >= 11 is 0. The van der Waals surface area contributed by atoms with Crippen LogP contribution in [-0.4, -0.2) is 19.0 Å². The maximum Gasteiger partial charge on any atom is 0.174 e. The van der Waals surface area contributed by atoms with Gasteiger partial charge >= 0.3 is 0 Å². The van der Waals surface area contributed by atoms with Crippen LogP contribution in [-0.2, 0) is 9.47 Å². The Morgan fingerprint density at radius 1 is 0.885 bits per heavy atom. The third-order valence-electron chi connectivity index (χ3n) is 5.22. The van der Waals surface area contributed by atoms with E-state index >= 15 is 0 Å². The smallest absolute Gasteiger partial charge is 0.174 e. The molecule has 0 saturated heterocycles. The average molecular weight is 361 g/mol. The van der Waals surface area contributed by atoms with Gasteiger partial charge in [0.2, 0.25) is 0 Å². The summed E-state index contributed by atoms with van der Waals surface area (Å²) in [4.78, 5) is 0. The molecular weight excluding hydrogens is 320 g/mol. The molecule has 26 heavy (non-hydrogen) atoms. The first-order valence-corrected chi connectivity index (χ1v) is 10.7. The molecule has 1 atom stereocenters. The Bertz CT molecular complexity index is 471. The molecule has 0 bridgehead atoms. The second-order valence-corrected chi connectivity index (χ2v) is 7.01. The van der Waals surface area contributed by atoms with Gasteiger partial charge in [-0.15, -0.1) is 0 Å². The normalized spacial score (nSPS) is 12.9. The Kier molecular flexibility index (Phi) is 11.6. The molecule has 0 saturated carbocycles. The molecule has 0 aliphatic carbocycles. The molecule has 0 amide bonds. The van der Waals surface area contributed by atoms with Gasteiger partial charge in [0.15, 0.2) is 5.79 Å². The van der Waals surface area contributed by atoms with Crippen molar-refractivity contribution >= 4 is 6.08 Å². The van der Waals surface area contributed by atoms with E-state index in [0.29, 0.717) is 13.2 Å². The van der Waals surface area contributed by atoms with E-state index in [1.54, 1.807) is 0 Å². The fourth-order valence-corrected chi connectivity index (χ4v) is 3.82. The van der Waals surface area contributed by atoms with Gasteiger partial charge in [-0.25, -0.2) is 0 Å². The summed E-state index contributed by atoms with van der Waals surface area (Å²) in [5.74, 6) is -0.264. The molecule has 0 N–H and O–H groups in total. The number of hydrogen-bond donors (Lipinski definition) is 0. The van der Waals surface area contributed by atoms with Crippen LogP contribution in [0.4, 0.5) is 0 Å². The molecule has 0 aromatic heterocycles. The average Bonchev–Trinajstić information content (AvgIpc) is 2.67. The molecule has 1 aromatic carbocycles. The topological polar surface area (TPSA) is 18.5 Å². The summed E-state index contributed by atoms with van der Waals surface area (Å²) in [7, 11) is 0. The van der Waals surface area contributed by atoms with Crippen LogP contribution in [0.2, 0.25) is 0 Å². The lowest BCUT2D eigenvalue weighted by Gasteiger charge is -2.40. The van der Waals surface area contributed by atoms with Crippen LogP contribution in [0.15, 0.2) is 30.8 Å². The van der Waals surface area contributed by atoms with Crippen molar-refractivity contribution in [2.75, 3.05) is 13.2 Å². The van der Waals surface area contributed by atoms with Crippen molar-refractivity contribution in [2.45, 2.75) is 90.8 Å². The van der Waals surface area contributed by atoms with E-state index < -0.39 is 5.79 Å². The number of hydrogen-bond acceptors (Lipinski definition) is 2. The van der Waals surface area contributed by atoms with Gasteiger partial charge in [0.05, 0.1) is 0 Å². The SMILES string of the molecule is C=Cc1ccc(C(CCCCCCCC)C(CC)(OCC)OCC)cc1. The van der Waals surface area contributed by atoms with Crippen molar-refractivity contribution < 1.29 is 9.47 Å². The van der Waals surface area contributed by atoms with Crippen LogP contribution in [0, 0.1) is 0 Å². The highest BCUT2D eigenvalue weighted by atomic mass is 16.7. The zero-order valence-electron chi connectivity index (χ0n) is 17.6. The minimum Gasteiger partial charge on any atom is -0.350 e. The predicted molar refractivity (Wildman–Crippen MR) is 114 cm³/mol. The lowest BCUT2D eigenvalue weighted by atomic mass is 9.83. The van der Waals surface area contributed by atoms with E-state index in [9.17, 15) is 0 Å². The van der Waals surface area contributed by atoms with Crippen LogP contribution >= 0.6 is 0 Å². The van der Waals surface area contributed by atoms with E-state index in [1.165, 1.54) is 44.1 Å². The van der Waals surface area contributed by atoms with E-state index in [0.717, 1.165) is 18.4 Å². The van der Waals surface area contributed by atoms with Crippen molar-refractivity contribution in [3.8, 4) is 0 Å². The molecule has 2 heteroatoms. The van der Waals surface area contributed by atoms with Crippen LogP contribution in [0.5, 0.6) is 0 Å². The second-order valence-electron chi connectivity index (χ2n) is 7.01. The lowest BCUT2D eigenvalue weighted by Crippen LogP contribution is -2.42. The molecular formula is C24H40O2. The fraction of sp³-hybridized carbons (Fsp3) is 0.667. The van der Waals surface area contributed by atoms with Crippen molar-refractivity contribution in [3.63, 3.8) is 0 Å². The van der Waals surface area contributed by atoms with Gasteiger partial charge in [0.1, 0.15) is 0 Å². The maximum absolute atomic E-state index is 6.25. The molecule has 1 unspecified atom stereocenters. The first kappa shape index (κ1) is 22.9. The van der Waals surface area contributed by atoms with E-state index in [4.69, 9.17) is 9.47 Å². The summed E-state index contributed by atoms with van der Waals surface area (Å²) in [5.41, 5.74) is 2.47. The zero-order valence-corrected chi connectivity index (χ0v) is 17.6. The van der Waals surface area contributed by atoms with E-state index in [-0.39, 0.29) is 5.92 Å². The molecule has 0 radical (unpaired) electrons. The minimum absolute atomic E-state index is 0.262. The predicted octanol–water partition coefficient (Wildman–Crippen LogP) is 7.34. The molecule has 0 spiro atoms. The Labute approximate surface area is 162 Å². The monoisotopic (exact) mass is 360 g/mol. The quantitative estimate of drug-likeness (QED) is 0.240. The van der Waals surface area contributed by atoms with Crippen molar-refractivity contribution in [1.29, 1.82) is 0 Å². The highest BCUT2D eigenvalue weighted by Crippen LogP contribution is 2.39. The van der Waals surface area contributed by atoms with Crippen LogP contribution in [0.3, 0.4) is 0 Å². The molecule has 0 fully saturated rings. The molecule has 1 rings (SSSR count). The summed E-state index contributed by atoms with van der Waals surface area (Å²) < 4.78 is 12.5. The van der Waals surface area contributed by atoms with Gasteiger partial charge in [-0.2, -0.15) is 0 Å². The highest BCUT2D eigenvalue weighted by molar-refractivity contribution is 5.47. The molecule has 0 aliphatic heterocycles. The standard InChI is InChI=1S/C24H40O2/c1-6-11-12-13-14-15-16-23(22-19-17-21(7-2)18-20-22)24(8-3,25-9-4)26-10-5/h7,17-20,23H,2,6,8-16H2,1,3-5H3. The van der Waals surface area contributed by atoms with Crippen molar-refractivity contribution in [2.24, 2.45) is 0 Å². The molecule has 1 aromatic rings. The number of benzene rings is 1. The van der Waals surface area contributed by atoms with Gasteiger partial charge in [-0.1, -0.05) is 89.3 Å². The van der Waals surface area contributed by atoms with Crippen molar-refractivity contribution in [3.05, 3.63) is 42.0 Å². The molecule has 0 heterocycles. The summed E-state index contributed by atoms with van der Waals surface area (Å²) in [6.07, 6.45) is 11.7. The van der Waals surface area contributed by atoms with Gasteiger partial charge < -0.3 is 9.47 Å². The first-order valence-electron chi connectivity index (χ1n) is 10.7. The molecule has 0 aliphatic rings. The Hall–Kier alpha value is -1.12. The fourth-order valence-electron chi connectivity index (χ4n) is 3.82. The number of rotatable bonds is 15. The van der Waals surface area contributed by atoms with Crippen molar-refractivity contribution in [1.82, 2.24) is 0 Å². The second kappa shape index (κ2) is 13.1. The summed E-state index contributed by atoms with van der Waals surface area (Å²) in [6.45, 7) is 13.8. The van der Waals surface area contributed by atoms with E-state index in [1.807, 2.05) is 6.08 Å². The largest absolute Gasteiger partial charge is 0.350 e.